The lowest BCUT2D eigenvalue weighted by atomic mass is 9.76. The van der Waals surface area contributed by atoms with Crippen molar-refractivity contribution in [1.82, 2.24) is 0 Å². The van der Waals surface area contributed by atoms with Crippen LogP contribution in [0.15, 0.2) is 33.9 Å². The molecule has 0 N–H and O–H groups in total. The van der Waals surface area contributed by atoms with E-state index < -0.39 is 0 Å². The van der Waals surface area contributed by atoms with Gasteiger partial charge in [-0.2, -0.15) is 0 Å². The number of alkyl halides is 1. The summed E-state index contributed by atoms with van der Waals surface area (Å²) in [4.78, 5) is 0. The van der Waals surface area contributed by atoms with E-state index in [9.17, 15) is 0 Å². The minimum atomic E-state index is -0.0410. The summed E-state index contributed by atoms with van der Waals surface area (Å²) in [6, 6.07) is 8.60. The molecule has 0 amide bonds. The van der Waals surface area contributed by atoms with Crippen LogP contribution in [0, 0.1) is 0 Å². The molecule has 15 heavy (non-hydrogen) atoms. The van der Waals surface area contributed by atoms with Crippen LogP contribution in [0.4, 0.5) is 0 Å². The highest BCUT2D eigenvalue weighted by molar-refractivity contribution is 14.1. The summed E-state index contributed by atoms with van der Waals surface area (Å²) in [5, 5.41) is 0. The Labute approximate surface area is 115 Å². The molecule has 0 saturated carbocycles. The van der Waals surface area contributed by atoms with E-state index in [1.54, 1.807) is 0 Å². The van der Waals surface area contributed by atoms with Crippen molar-refractivity contribution in [2.75, 3.05) is 0 Å². The predicted molar refractivity (Wildman–Crippen MR) is 77.0 cm³/mol. The highest BCUT2D eigenvalue weighted by atomic mass is 127. The zero-order valence-corrected chi connectivity index (χ0v) is 11.9. The summed E-state index contributed by atoms with van der Waals surface area (Å²) < 4.78 is 7.07. The monoisotopic (exact) mass is 420 g/mol. The van der Waals surface area contributed by atoms with Gasteiger partial charge in [-0.1, -0.05) is 24.3 Å². The molecule has 1 aromatic rings. The lowest BCUT2D eigenvalue weighted by Gasteiger charge is -2.29. The van der Waals surface area contributed by atoms with Crippen LogP contribution in [0.3, 0.4) is 0 Å². The third-order valence-electron chi connectivity index (χ3n) is 3.18. The lowest BCUT2D eigenvalue weighted by molar-refractivity contribution is 0.411. The largest absolute Gasteiger partial charge is 0.345 e. The molecule has 0 radical (unpaired) electrons. The molecule has 0 bridgehead atoms. The standard InChI is InChI=1S/C12H6I2O/c13-8-5-12(14)11(15-12)10-7-4-2-1-3-6(7)9(8)10/h1-5,11H. The van der Waals surface area contributed by atoms with E-state index in [4.69, 9.17) is 4.74 Å². The van der Waals surface area contributed by atoms with Gasteiger partial charge in [0.25, 0.3) is 0 Å². The fourth-order valence-electron chi connectivity index (χ4n) is 2.44. The minimum absolute atomic E-state index is 0.0410. The van der Waals surface area contributed by atoms with Crippen molar-refractivity contribution in [2.24, 2.45) is 0 Å². The molecule has 0 spiro atoms. The maximum atomic E-state index is 5.77. The predicted octanol–water partition coefficient (Wildman–Crippen LogP) is 3.77. The fourth-order valence-corrected chi connectivity index (χ4v) is 4.96. The molecule has 2 atom stereocenters. The topological polar surface area (TPSA) is 12.5 Å². The molecule has 1 aromatic carbocycles. The van der Waals surface area contributed by atoms with Crippen LogP contribution >= 0.6 is 45.2 Å². The molecule has 3 heteroatoms. The number of hydrogen-bond donors (Lipinski definition) is 0. The van der Waals surface area contributed by atoms with E-state index in [2.05, 4.69) is 75.5 Å². The number of fused-ring (bicyclic) bond motifs is 5. The van der Waals surface area contributed by atoms with Crippen molar-refractivity contribution in [2.45, 2.75) is 9.71 Å². The normalized spacial score (nSPS) is 34.8. The van der Waals surface area contributed by atoms with E-state index >= 15 is 0 Å². The van der Waals surface area contributed by atoms with E-state index in [-0.39, 0.29) is 3.61 Å². The molecule has 1 aliphatic heterocycles. The summed E-state index contributed by atoms with van der Waals surface area (Å²) in [5.74, 6) is 0. The first-order chi connectivity index (χ1) is 7.21. The van der Waals surface area contributed by atoms with Crippen LogP contribution in [0.2, 0.25) is 0 Å². The molecule has 1 nitrogen and oxygen atoms in total. The van der Waals surface area contributed by atoms with Gasteiger partial charge in [-0.15, -0.1) is 0 Å². The minimum Gasteiger partial charge on any atom is -0.345 e. The van der Waals surface area contributed by atoms with E-state index in [1.165, 1.54) is 25.9 Å². The molecule has 0 aromatic heterocycles. The molecule has 1 saturated heterocycles. The smallest absolute Gasteiger partial charge is 0.169 e. The van der Waals surface area contributed by atoms with Crippen LogP contribution in [0.25, 0.3) is 11.1 Å². The van der Waals surface area contributed by atoms with Gasteiger partial charge in [0, 0.05) is 14.7 Å². The van der Waals surface area contributed by atoms with Gasteiger partial charge in [0.05, 0.1) is 0 Å². The lowest BCUT2D eigenvalue weighted by Crippen LogP contribution is -2.18. The number of halogens is 2. The van der Waals surface area contributed by atoms with Gasteiger partial charge in [-0.25, -0.2) is 0 Å². The Bertz CT molecular complexity index is 558. The molecule has 4 rings (SSSR count). The highest BCUT2D eigenvalue weighted by Gasteiger charge is 2.60. The van der Waals surface area contributed by atoms with Crippen molar-refractivity contribution >= 4 is 56.3 Å². The zero-order chi connectivity index (χ0) is 10.2. The van der Waals surface area contributed by atoms with Crippen molar-refractivity contribution in [3.8, 4) is 0 Å². The van der Waals surface area contributed by atoms with Crippen molar-refractivity contribution in [1.29, 1.82) is 0 Å². The zero-order valence-electron chi connectivity index (χ0n) is 7.63. The van der Waals surface area contributed by atoms with Gasteiger partial charge >= 0.3 is 0 Å². The van der Waals surface area contributed by atoms with E-state index in [0.717, 1.165) is 0 Å². The first-order valence-corrected chi connectivity index (χ1v) is 6.96. The number of rotatable bonds is 0. The third-order valence-corrected chi connectivity index (χ3v) is 5.16. The fraction of sp³-hybridized carbons (Fsp3) is 0.167. The van der Waals surface area contributed by atoms with Crippen LogP contribution in [0.1, 0.15) is 11.1 Å². The number of benzene rings is 1. The summed E-state index contributed by atoms with van der Waals surface area (Å²) in [7, 11) is 0. The average molecular weight is 420 g/mol. The van der Waals surface area contributed by atoms with Crippen LogP contribution in [-0.4, -0.2) is 9.71 Å². The molecular formula is C12H6I2O. The maximum Gasteiger partial charge on any atom is 0.169 e. The summed E-state index contributed by atoms with van der Waals surface area (Å²) in [6.45, 7) is 0. The average Bonchev–Trinajstić information content (AvgIpc) is 2.80. The summed E-state index contributed by atoms with van der Waals surface area (Å²) in [5.41, 5.74) is 5.62. The molecule has 3 aliphatic rings. The Morgan fingerprint density at radius 3 is 2.73 bits per heavy atom. The summed E-state index contributed by atoms with van der Waals surface area (Å²) in [6.07, 6.45) is 2.55. The van der Waals surface area contributed by atoms with Gasteiger partial charge in [-0.3, -0.25) is 0 Å². The molecule has 1 fully saturated rings. The molecule has 2 aliphatic carbocycles. The number of hydrogen-bond acceptors (Lipinski definition) is 1. The molecule has 1 heterocycles. The SMILES string of the molecule is IC1=CC2(I)OC2C2=C1c1ccccc12. The van der Waals surface area contributed by atoms with Crippen molar-refractivity contribution < 1.29 is 4.74 Å². The van der Waals surface area contributed by atoms with Gasteiger partial charge in [0.2, 0.25) is 0 Å². The van der Waals surface area contributed by atoms with Crippen LogP contribution in [0.5, 0.6) is 0 Å². The number of epoxide rings is 1. The Hall–Kier alpha value is 0.120. The first-order valence-electron chi connectivity index (χ1n) is 4.80. The van der Waals surface area contributed by atoms with Gasteiger partial charge in [-0.05, 0) is 62.4 Å². The number of allylic oxidation sites excluding steroid dienone is 2. The van der Waals surface area contributed by atoms with Gasteiger partial charge in [0.15, 0.2) is 3.61 Å². The van der Waals surface area contributed by atoms with Gasteiger partial charge < -0.3 is 4.74 Å². The Morgan fingerprint density at radius 2 is 1.93 bits per heavy atom. The second kappa shape index (κ2) is 2.68. The Morgan fingerprint density at radius 1 is 1.20 bits per heavy atom. The van der Waals surface area contributed by atoms with Crippen molar-refractivity contribution in [3.63, 3.8) is 0 Å². The molecule has 74 valence electrons. The van der Waals surface area contributed by atoms with Crippen molar-refractivity contribution in [3.05, 3.63) is 45.0 Å². The third kappa shape index (κ3) is 1.02. The van der Waals surface area contributed by atoms with E-state index in [0.29, 0.717) is 6.10 Å². The maximum absolute atomic E-state index is 5.77. The molecule has 2 unspecified atom stereocenters. The molecular weight excluding hydrogens is 414 g/mol. The first kappa shape index (κ1) is 9.18. The van der Waals surface area contributed by atoms with Crippen LogP contribution < -0.4 is 0 Å². The highest BCUT2D eigenvalue weighted by Crippen LogP contribution is 2.63. The quantitative estimate of drug-likeness (QED) is 0.354. The Balaban J connectivity index is 1.96. The Kier molecular flexibility index (Phi) is 1.64. The number of ether oxygens (including phenoxy) is 1. The summed E-state index contributed by atoms with van der Waals surface area (Å²) >= 11 is 4.82. The van der Waals surface area contributed by atoms with E-state index in [1.807, 2.05) is 0 Å². The van der Waals surface area contributed by atoms with Gasteiger partial charge in [0.1, 0.15) is 6.10 Å². The van der Waals surface area contributed by atoms with Crippen LogP contribution in [-0.2, 0) is 4.74 Å². The second-order valence-electron chi connectivity index (χ2n) is 4.02. The second-order valence-corrected chi connectivity index (χ2v) is 6.87.